The Kier molecular flexibility index (Phi) is 5.67. The van der Waals surface area contributed by atoms with Gasteiger partial charge in [-0.05, 0) is 37.8 Å². The minimum atomic E-state index is 0.482. The van der Waals surface area contributed by atoms with Gasteiger partial charge in [0.25, 0.3) is 0 Å². The third-order valence-electron chi connectivity index (χ3n) is 3.61. The van der Waals surface area contributed by atoms with E-state index in [2.05, 4.69) is 31.3 Å². The molecule has 102 valence electrons. The highest BCUT2D eigenvalue weighted by Gasteiger charge is 2.21. The van der Waals surface area contributed by atoms with Gasteiger partial charge in [-0.15, -0.1) is 11.3 Å². The number of ether oxygens (including phenoxy) is 1. The van der Waals surface area contributed by atoms with Crippen LogP contribution in [0.2, 0.25) is 0 Å². The molecule has 2 atom stereocenters. The van der Waals surface area contributed by atoms with E-state index in [0.29, 0.717) is 12.1 Å². The Hall–Kier alpha value is -0.380. The van der Waals surface area contributed by atoms with Crippen LogP contribution in [0.3, 0.4) is 0 Å². The third kappa shape index (κ3) is 4.08. The number of hydrogen-bond donors (Lipinski definition) is 1. The van der Waals surface area contributed by atoms with Gasteiger partial charge in [0.2, 0.25) is 0 Å². The van der Waals surface area contributed by atoms with Crippen LogP contribution in [0.1, 0.15) is 49.3 Å². The summed E-state index contributed by atoms with van der Waals surface area (Å²) in [6.07, 6.45) is 6.40. The Labute approximate surface area is 115 Å². The zero-order valence-electron chi connectivity index (χ0n) is 11.6. The van der Waals surface area contributed by atoms with E-state index in [9.17, 15) is 0 Å². The van der Waals surface area contributed by atoms with Crippen LogP contribution in [0.4, 0.5) is 0 Å². The van der Waals surface area contributed by atoms with Crippen LogP contribution in [-0.2, 0) is 17.7 Å². The molecule has 1 aromatic rings. The maximum Gasteiger partial charge on any atom is 0.0589 e. The van der Waals surface area contributed by atoms with Crippen molar-refractivity contribution in [3.8, 4) is 0 Å². The maximum absolute atomic E-state index is 5.78. The second kappa shape index (κ2) is 7.27. The zero-order valence-corrected chi connectivity index (χ0v) is 12.4. The zero-order chi connectivity index (χ0) is 12.8. The van der Waals surface area contributed by atoms with Gasteiger partial charge in [-0.3, -0.25) is 0 Å². The van der Waals surface area contributed by atoms with Crippen molar-refractivity contribution in [2.24, 2.45) is 0 Å². The smallest absolute Gasteiger partial charge is 0.0589 e. The summed E-state index contributed by atoms with van der Waals surface area (Å²) in [6.45, 7) is 6.40. The summed E-state index contributed by atoms with van der Waals surface area (Å²) >= 11 is 1.94. The lowest BCUT2D eigenvalue weighted by Crippen LogP contribution is -2.38. The lowest BCUT2D eigenvalue weighted by atomic mass is 10.0. The lowest BCUT2D eigenvalue weighted by Gasteiger charge is -2.30. The average molecular weight is 267 g/mol. The minimum Gasteiger partial charge on any atom is -0.378 e. The van der Waals surface area contributed by atoms with Gasteiger partial charge in [0.05, 0.1) is 6.10 Å². The molecule has 0 saturated carbocycles. The van der Waals surface area contributed by atoms with Gasteiger partial charge >= 0.3 is 0 Å². The van der Waals surface area contributed by atoms with Gasteiger partial charge in [0, 0.05) is 28.9 Å². The van der Waals surface area contributed by atoms with Crippen molar-refractivity contribution < 1.29 is 4.74 Å². The molecule has 0 bridgehead atoms. The molecule has 2 rings (SSSR count). The largest absolute Gasteiger partial charge is 0.378 e. The van der Waals surface area contributed by atoms with Gasteiger partial charge in [0.1, 0.15) is 0 Å². The summed E-state index contributed by atoms with van der Waals surface area (Å²) in [6, 6.07) is 5.16. The Balaban J connectivity index is 1.75. The summed E-state index contributed by atoms with van der Waals surface area (Å²) in [5.74, 6) is 0. The van der Waals surface area contributed by atoms with Crippen molar-refractivity contribution in [2.75, 3.05) is 6.61 Å². The van der Waals surface area contributed by atoms with E-state index in [-0.39, 0.29) is 0 Å². The normalized spacial score (nSPS) is 24.3. The standard InChI is InChI=1S/C15H25NOS/c1-3-5-13-10-12(8-9-17-13)16-11-15-7-6-14(4-2)18-15/h6-7,12-13,16H,3-5,8-11H2,1-2H3. The van der Waals surface area contributed by atoms with Gasteiger partial charge < -0.3 is 10.1 Å². The molecule has 0 amide bonds. The second-order valence-electron chi connectivity index (χ2n) is 5.11. The van der Waals surface area contributed by atoms with E-state index in [4.69, 9.17) is 4.74 Å². The van der Waals surface area contributed by atoms with Crippen molar-refractivity contribution in [1.82, 2.24) is 5.32 Å². The first-order valence-corrected chi connectivity index (χ1v) is 8.06. The highest BCUT2D eigenvalue weighted by atomic mass is 32.1. The number of hydrogen-bond acceptors (Lipinski definition) is 3. The molecule has 1 fully saturated rings. The molecule has 2 unspecified atom stereocenters. The molecule has 1 aliphatic heterocycles. The predicted octanol–water partition coefficient (Wildman–Crippen LogP) is 3.75. The maximum atomic E-state index is 5.78. The molecule has 0 aliphatic carbocycles. The van der Waals surface area contributed by atoms with Crippen LogP contribution in [0.25, 0.3) is 0 Å². The predicted molar refractivity (Wildman–Crippen MR) is 78.2 cm³/mol. The van der Waals surface area contributed by atoms with E-state index >= 15 is 0 Å². The molecule has 2 heterocycles. The first kappa shape index (κ1) is 14.0. The van der Waals surface area contributed by atoms with Gasteiger partial charge in [-0.25, -0.2) is 0 Å². The van der Waals surface area contributed by atoms with Crippen LogP contribution in [0, 0.1) is 0 Å². The fraction of sp³-hybridized carbons (Fsp3) is 0.733. The van der Waals surface area contributed by atoms with Crippen molar-refractivity contribution >= 4 is 11.3 Å². The highest BCUT2D eigenvalue weighted by molar-refractivity contribution is 7.11. The first-order valence-electron chi connectivity index (χ1n) is 7.24. The van der Waals surface area contributed by atoms with Crippen LogP contribution < -0.4 is 5.32 Å². The first-order chi connectivity index (χ1) is 8.81. The Morgan fingerprint density at radius 2 is 2.17 bits per heavy atom. The van der Waals surface area contributed by atoms with Crippen molar-refractivity contribution in [3.63, 3.8) is 0 Å². The molecule has 1 aliphatic rings. The summed E-state index contributed by atoms with van der Waals surface area (Å²) < 4.78 is 5.78. The number of rotatable bonds is 6. The van der Waals surface area contributed by atoms with Gasteiger partial charge in [0.15, 0.2) is 0 Å². The Morgan fingerprint density at radius 3 is 2.89 bits per heavy atom. The van der Waals surface area contributed by atoms with E-state index in [0.717, 1.165) is 26.0 Å². The fourth-order valence-electron chi connectivity index (χ4n) is 2.54. The monoisotopic (exact) mass is 267 g/mol. The van der Waals surface area contributed by atoms with E-state index < -0.39 is 0 Å². The van der Waals surface area contributed by atoms with Crippen LogP contribution in [0.15, 0.2) is 12.1 Å². The van der Waals surface area contributed by atoms with E-state index in [1.54, 1.807) is 0 Å². The molecule has 0 spiro atoms. The average Bonchev–Trinajstić information content (AvgIpc) is 2.85. The van der Waals surface area contributed by atoms with Crippen molar-refractivity contribution in [3.05, 3.63) is 21.9 Å². The molecule has 2 nitrogen and oxygen atoms in total. The molecular weight excluding hydrogens is 242 g/mol. The molecule has 0 aromatic carbocycles. The quantitative estimate of drug-likeness (QED) is 0.847. The number of aryl methyl sites for hydroxylation is 1. The summed E-state index contributed by atoms with van der Waals surface area (Å²) in [7, 11) is 0. The van der Waals surface area contributed by atoms with E-state index in [1.165, 1.54) is 29.0 Å². The van der Waals surface area contributed by atoms with Crippen LogP contribution in [-0.4, -0.2) is 18.8 Å². The summed E-state index contributed by atoms with van der Waals surface area (Å²) in [5.41, 5.74) is 0. The number of nitrogens with one attached hydrogen (secondary N) is 1. The van der Waals surface area contributed by atoms with Gasteiger partial charge in [-0.2, -0.15) is 0 Å². The number of thiophene rings is 1. The highest BCUT2D eigenvalue weighted by Crippen LogP contribution is 2.20. The molecule has 1 N–H and O–H groups in total. The summed E-state index contributed by atoms with van der Waals surface area (Å²) in [4.78, 5) is 2.95. The van der Waals surface area contributed by atoms with Crippen LogP contribution in [0.5, 0.6) is 0 Å². The Morgan fingerprint density at radius 1 is 1.33 bits per heavy atom. The SMILES string of the molecule is CCCC1CC(NCc2ccc(CC)s2)CCO1. The minimum absolute atomic E-state index is 0.482. The van der Waals surface area contributed by atoms with Crippen LogP contribution >= 0.6 is 11.3 Å². The lowest BCUT2D eigenvalue weighted by molar-refractivity contribution is -0.00338. The van der Waals surface area contributed by atoms with Crippen molar-refractivity contribution in [1.29, 1.82) is 0 Å². The molecule has 1 saturated heterocycles. The third-order valence-corrected chi connectivity index (χ3v) is 4.84. The fourth-order valence-corrected chi connectivity index (χ4v) is 3.45. The summed E-state index contributed by atoms with van der Waals surface area (Å²) in [5, 5.41) is 3.69. The second-order valence-corrected chi connectivity index (χ2v) is 6.36. The molecule has 1 aromatic heterocycles. The molecular formula is C15H25NOS. The molecule has 18 heavy (non-hydrogen) atoms. The molecule has 0 radical (unpaired) electrons. The van der Waals surface area contributed by atoms with Crippen molar-refractivity contribution in [2.45, 2.75) is 64.6 Å². The Bertz CT molecular complexity index is 348. The van der Waals surface area contributed by atoms with Gasteiger partial charge in [-0.1, -0.05) is 20.3 Å². The topological polar surface area (TPSA) is 21.3 Å². The molecule has 3 heteroatoms. The van der Waals surface area contributed by atoms with E-state index in [1.807, 2.05) is 11.3 Å².